The molecule has 0 bridgehead atoms. The molecule has 3 aromatic rings. The highest BCUT2D eigenvalue weighted by atomic mass is 35.5. The summed E-state index contributed by atoms with van der Waals surface area (Å²) in [5.74, 6) is 0.679. The number of halogens is 1. The first-order valence-electron chi connectivity index (χ1n) is 15.7. The second kappa shape index (κ2) is 14.0. The zero-order valence-corrected chi connectivity index (χ0v) is 26.6. The van der Waals surface area contributed by atoms with Crippen LogP contribution in [0.5, 0.6) is 6.01 Å². The number of nitrogens with zero attached hydrogens (tertiary/aromatic N) is 7. The summed E-state index contributed by atoms with van der Waals surface area (Å²) in [6.45, 7) is 9.43. The molecule has 0 saturated carbocycles. The van der Waals surface area contributed by atoms with E-state index in [4.69, 9.17) is 31.0 Å². The van der Waals surface area contributed by atoms with E-state index in [0.29, 0.717) is 44.8 Å². The van der Waals surface area contributed by atoms with Gasteiger partial charge in [-0.1, -0.05) is 42.4 Å². The van der Waals surface area contributed by atoms with E-state index in [2.05, 4.69) is 58.7 Å². The van der Waals surface area contributed by atoms with Crippen LogP contribution in [-0.2, 0) is 22.5 Å². The highest BCUT2D eigenvalue weighted by molar-refractivity contribution is 6.36. The Hall–Kier alpha value is -3.91. The average Bonchev–Trinajstić information content (AvgIpc) is 3.07. The molecule has 11 heteroatoms. The maximum atomic E-state index is 12.6. The maximum absolute atomic E-state index is 12.6. The van der Waals surface area contributed by atoms with E-state index in [1.54, 1.807) is 4.90 Å². The number of anilines is 2. The van der Waals surface area contributed by atoms with Gasteiger partial charge in [0.05, 0.1) is 35.8 Å². The molecule has 0 N–H and O–H groups in total. The number of aromatic nitrogens is 2. The number of piperazine rings is 1. The summed E-state index contributed by atoms with van der Waals surface area (Å²) in [7, 11) is 2.13. The molecule has 3 aliphatic rings. The van der Waals surface area contributed by atoms with Gasteiger partial charge in [-0.3, -0.25) is 9.69 Å². The van der Waals surface area contributed by atoms with Gasteiger partial charge >= 0.3 is 6.01 Å². The number of carbonyl (C=O) groups excluding carboxylic acids is 1. The summed E-state index contributed by atoms with van der Waals surface area (Å²) in [4.78, 5) is 31.1. The highest BCUT2D eigenvalue weighted by Gasteiger charge is 2.33. The number of rotatable bonds is 9. The Morgan fingerprint density at radius 3 is 2.76 bits per heavy atom. The summed E-state index contributed by atoms with van der Waals surface area (Å²) in [5.41, 5.74) is 3.09. The van der Waals surface area contributed by atoms with E-state index in [0.717, 1.165) is 84.1 Å². The van der Waals surface area contributed by atoms with Crippen LogP contribution < -0.4 is 14.5 Å². The molecule has 10 nitrogen and oxygen atoms in total. The molecule has 0 unspecified atom stereocenters. The second-order valence-electron chi connectivity index (χ2n) is 11.9. The van der Waals surface area contributed by atoms with Crippen LogP contribution >= 0.6 is 11.6 Å². The molecule has 0 spiro atoms. The topological polar surface area (TPSA) is 98.1 Å². The standard InChI is InChI=1S/C34H40ClN7O3/c1-3-31(43)42-17-16-41(22-26(42)10-14-36)33-27-11-15-40(30-9-5-7-24-6-4-8-28(35)32(24)30)23-29(27)37-34(38-33)45-21-18-39(2)25-12-19-44-20-13-25/h3-9,25-26H,1,10-13,15-23H2,2H3/t26-/m0/s1. The first-order valence-corrected chi connectivity index (χ1v) is 16.1. The number of likely N-dealkylation sites (N-methyl/N-ethyl adjacent to an activating group) is 1. The van der Waals surface area contributed by atoms with Gasteiger partial charge in [-0.15, -0.1) is 0 Å². The van der Waals surface area contributed by atoms with Crippen LogP contribution in [0.25, 0.3) is 10.8 Å². The van der Waals surface area contributed by atoms with Gasteiger partial charge < -0.3 is 24.2 Å². The van der Waals surface area contributed by atoms with E-state index < -0.39 is 0 Å². The number of hydrogen-bond donors (Lipinski definition) is 0. The van der Waals surface area contributed by atoms with Crippen LogP contribution in [0.1, 0.15) is 30.5 Å². The van der Waals surface area contributed by atoms with Crippen molar-refractivity contribution >= 4 is 39.8 Å². The number of fused-ring (bicyclic) bond motifs is 2. The van der Waals surface area contributed by atoms with Crippen LogP contribution in [0.15, 0.2) is 49.1 Å². The Bertz CT molecular complexity index is 1580. The molecular formula is C34H40ClN7O3. The first-order chi connectivity index (χ1) is 22.0. The van der Waals surface area contributed by atoms with Crippen molar-refractivity contribution in [1.82, 2.24) is 19.8 Å². The molecule has 2 aromatic carbocycles. The quantitative estimate of drug-likeness (QED) is 0.318. The Balaban J connectivity index is 1.29. The van der Waals surface area contributed by atoms with Gasteiger partial charge in [0.25, 0.3) is 0 Å². The SMILES string of the molecule is C=CC(=O)N1CCN(c2nc(OCCN(C)C3CCOCC3)nc3c2CCN(c2cccc4cccc(Cl)c24)C3)C[C@@H]1CC#N. The molecule has 2 fully saturated rings. The van der Waals surface area contributed by atoms with Crippen LogP contribution in [-0.4, -0.2) is 97.4 Å². The van der Waals surface area contributed by atoms with Crippen LogP contribution in [0, 0.1) is 11.3 Å². The minimum atomic E-state index is -0.254. The fraction of sp³-hybridized carbons (Fsp3) is 0.471. The van der Waals surface area contributed by atoms with Crippen molar-refractivity contribution in [2.45, 2.75) is 44.3 Å². The zero-order valence-electron chi connectivity index (χ0n) is 25.8. The van der Waals surface area contributed by atoms with Crippen molar-refractivity contribution in [2.75, 3.05) is 69.4 Å². The minimum absolute atomic E-state index is 0.151. The minimum Gasteiger partial charge on any atom is -0.462 e. The van der Waals surface area contributed by atoms with Crippen LogP contribution in [0.3, 0.4) is 0 Å². The molecule has 2 saturated heterocycles. The summed E-state index contributed by atoms with van der Waals surface area (Å²) in [6.07, 6.45) is 4.35. The molecule has 0 radical (unpaired) electrons. The van der Waals surface area contributed by atoms with Gasteiger partial charge in [-0.05, 0) is 49.9 Å². The number of amides is 1. The van der Waals surface area contributed by atoms with Gasteiger partial charge in [-0.25, -0.2) is 0 Å². The highest BCUT2D eigenvalue weighted by Crippen LogP contribution is 2.37. The molecule has 1 atom stereocenters. The van der Waals surface area contributed by atoms with E-state index in [9.17, 15) is 10.1 Å². The number of ether oxygens (including phenoxy) is 2. The Kier molecular flexibility index (Phi) is 9.69. The summed E-state index contributed by atoms with van der Waals surface area (Å²) in [6, 6.07) is 15.1. The smallest absolute Gasteiger partial charge is 0.318 e. The number of carbonyl (C=O) groups is 1. The molecule has 6 rings (SSSR count). The summed E-state index contributed by atoms with van der Waals surface area (Å²) < 4.78 is 11.8. The van der Waals surface area contributed by atoms with Gasteiger partial charge in [-0.2, -0.15) is 15.2 Å². The number of benzene rings is 2. The van der Waals surface area contributed by atoms with Crippen LogP contribution in [0.4, 0.5) is 11.5 Å². The second-order valence-corrected chi connectivity index (χ2v) is 12.3. The predicted octanol–water partition coefficient (Wildman–Crippen LogP) is 4.45. The molecule has 236 valence electrons. The lowest BCUT2D eigenvalue weighted by atomic mass is 10.0. The van der Waals surface area contributed by atoms with E-state index in [1.165, 1.54) is 6.08 Å². The van der Waals surface area contributed by atoms with Gasteiger partial charge in [0.1, 0.15) is 12.4 Å². The van der Waals surface area contributed by atoms with Gasteiger partial charge in [0.2, 0.25) is 5.91 Å². The van der Waals surface area contributed by atoms with Crippen molar-refractivity contribution in [1.29, 1.82) is 5.26 Å². The third-order valence-electron chi connectivity index (χ3n) is 9.25. The first kappa shape index (κ1) is 31.1. The third kappa shape index (κ3) is 6.71. The Morgan fingerprint density at radius 2 is 1.98 bits per heavy atom. The average molecular weight is 630 g/mol. The molecule has 4 heterocycles. The normalized spacial score (nSPS) is 19.0. The molecule has 45 heavy (non-hydrogen) atoms. The maximum Gasteiger partial charge on any atom is 0.318 e. The number of hydrogen-bond acceptors (Lipinski definition) is 9. The largest absolute Gasteiger partial charge is 0.462 e. The summed E-state index contributed by atoms with van der Waals surface area (Å²) >= 11 is 6.71. The van der Waals surface area contributed by atoms with E-state index in [1.807, 2.05) is 12.1 Å². The van der Waals surface area contributed by atoms with E-state index in [-0.39, 0.29) is 18.4 Å². The van der Waals surface area contributed by atoms with Gasteiger partial charge in [0.15, 0.2) is 0 Å². The van der Waals surface area contributed by atoms with E-state index >= 15 is 0 Å². The van der Waals surface area contributed by atoms with Crippen molar-refractivity contribution in [3.8, 4) is 12.1 Å². The molecule has 1 aromatic heterocycles. The van der Waals surface area contributed by atoms with Crippen molar-refractivity contribution in [3.63, 3.8) is 0 Å². The van der Waals surface area contributed by atoms with Crippen molar-refractivity contribution in [2.24, 2.45) is 0 Å². The molecular weight excluding hydrogens is 590 g/mol. The predicted molar refractivity (Wildman–Crippen MR) is 176 cm³/mol. The lowest BCUT2D eigenvalue weighted by Gasteiger charge is -2.42. The lowest BCUT2D eigenvalue weighted by molar-refractivity contribution is -0.128. The third-order valence-corrected chi connectivity index (χ3v) is 9.57. The molecule has 3 aliphatic heterocycles. The fourth-order valence-corrected chi connectivity index (χ4v) is 7.06. The molecule has 1 amide bonds. The fourth-order valence-electron chi connectivity index (χ4n) is 6.78. The monoisotopic (exact) mass is 629 g/mol. The number of nitriles is 1. The Labute approximate surface area is 269 Å². The zero-order chi connectivity index (χ0) is 31.3. The van der Waals surface area contributed by atoms with Crippen molar-refractivity contribution in [3.05, 3.63) is 65.3 Å². The Morgan fingerprint density at radius 1 is 1.18 bits per heavy atom. The lowest BCUT2D eigenvalue weighted by Crippen LogP contribution is -2.55. The van der Waals surface area contributed by atoms with Gasteiger partial charge in [0, 0.05) is 68.6 Å². The van der Waals surface area contributed by atoms with Crippen LogP contribution in [0.2, 0.25) is 5.02 Å². The van der Waals surface area contributed by atoms with Crippen molar-refractivity contribution < 1.29 is 14.3 Å². The molecule has 0 aliphatic carbocycles. The summed E-state index contributed by atoms with van der Waals surface area (Å²) in [5, 5.41) is 12.4.